The predicted molar refractivity (Wildman–Crippen MR) is 113 cm³/mol. The summed E-state index contributed by atoms with van der Waals surface area (Å²) in [6.45, 7) is 0. The first-order chi connectivity index (χ1) is 14.5. The van der Waals surface area contributed by atoms with Gasteiger partial charge in [0, 0.05) is 28.4 Å². The lowest BCUT2D eigenvalue weighted by Gasteiger charge is -2.08. The van der Waals surface area contributed by atoms with Crippen molar-refractivity contribution in [2.45, 2.75) is 11.1 Å². The number of hydrogen-bond acceptors (Lipinski definition) is 5. The molecule has 0 saturated carbocycles. The van der Waals surface area contributed by atoms with Gasteiger partial charge in [-0.25, -0.2) is 13.4 Å². The van der Waals surface area contributed by atoms with Crippen molar-refractivity contribution in [2.24, 2.45) is 0 Å². The molecule has 2 N–H and O–H groups in total. The largest absolute Gasteiger partial charge is 0.416 e. The number of carbonyl (C=O) groups is 1. The van der Waals surface area contributed by atoms with E-state index < -0.39 is 27.7 Å². The van der Waals surface area contributed by atoms with Crippen LogP contribution in [0, 0.1) is 0 Å². The van der Waals surface area contributed by atoms with Crippen LogP contribution >= 0.6 is 22.9 Å². The summed E-state index contributed by atoms with van der Waals surface area (Å²) in [6.07, 6.45) is -0.896. The zero-order valence-electron chi connectivity index (χ0n) is 15.4. The Bertz CT molecular complexity index is 1210. The van der Waals surface area contributed by atoms with Gasteiger partial charge in [0.1, 0.15) is 0 Å². The van der Waals surface area contributed by atoms with Gasteiger partial charge in [-0.3, -0.25) is 9.52 Å². The van der Waals surface area contributed by atoms with Crippen LogP contribution in [-0.2, 0) is 21.0 Å². The summed E-state index contributed by atoms with van der Waals surface area (Å²) < 4.78 is 65.3. The number of nitrogens with zero attached hydrogens (tertiary/aromatic N) is 1. The van der Waals surface area contributed by atoms with Gasteiger partial charge in [0.05, 0.1) is 10.5 Å². The number of hydrogen-bond donors (Lipinski definition) is 2. The highest BCUT2D eigenvalue weighted by Gasteiger charge is 2.30. The molecule has 0 aliphatic heterocycles. The molecule has 0 atom stereocenters. The van der Waals surface area contributed by atoms with Crippen LogP contribution in [-0.4, -0.2) is 19.3 Å². The number of halogens is 4. The van der Waals surface area contributed by atoms with Gasteiger partial charge in [0.25, 0.3) is 10.0 Å². The van der Waals surface area contributed by atoms with E-state index in [1.807, 2.05) is 0 Å². The van der Waals surface area contributed by atoms with Crippen molar-refractivity contribution in [3.8, 4) is 0 Å². The summed E-state index contributed by atoms with van der Waals surface area (Å²) in [5.41, 5.74) is -0.570. The van der Waals surface area contributed by atoms with Crippen LogP contribution < -0.4 is 10.0 Å². The smallest absolute Gasteiger partial charge is 0.323 e. The number of sulfonamides is 1. The van der Waals surface area contributed by atoms with Gasteiger partial charge in [0.2, 0.25) is 5.91 Å². The first kappa shape index (κ1) is 22.8. The van der Waals surface area contributed by atoms with Crippen molar-refractivity contribution >= 4 is 55.8 Å². The number of alkyl halides is 3. The fourth-order valence-corrected chi connectivity index (χ4v) is 4.33. The molecule has 1 amide bonds. The van der Waals surface area contributed by atoms with E-state index in [4.69, 9.17) is 11.6 Å². The molecule has 1 heterocycles. The van der Waals surface area contributed by atoms with Crippen LogP contribution in [0.5, 0.6) is 0 Å². The number of rotatable bonds is 6. The van der Waals surface area contributed by atoms with Crippen LogP contribution in [0.4, 0.5) is 24.0 Å². The van der Waals surface area contributed by atoms with Gasteiger partial charge in [-0.15, -0.1) is 11.3 Å². The highest BCUT2D eigenvalue weighted by molar-refractivity contribution is 7.93. The minimum atomic E-state index is -4.54. The molecule has 3 aromatic rings. The minimum absolute atomic E-state index is 0.0290. The molecule has 1 aromatic heterocycles. The second-order valence-corrected chi connectivity index (χ2v) is 9.01. The van der Waals surface area contributed by atoms with Gasteiger partial charge >= 0.3 is 6.18 Å². The molecule has 0 aliphatic carbocycles. The highest BCUT2D eigenvalue weighted by Crippen LogP contribution is 2.32. The summed E-state index contributed by atoms with van der Waals surface area (Å²) >= 11 is 7.01. The van der Waals surface area contributed by atoms with Gasteiger partial charge in [-0.05, 0) is 54.1 Å². The molecular weight excluding hydrogens is 475 g/mol. The number of anilines is 2. The summed E-state index contributed by atoms with van der Waals surface area (Å²) in [6, 6.07) is 8.11. The standard InChI is InChI=1S/C19H13ClF3N3O3S2/c20-16-7-2-13(19(21,22)23)11-12(16)1-8-17(27)25-14-3-5-15(6-4-14)31(28,29)26-18-24-9-10-30-18/h1-11H,(H,24,26)(H,25,27)/b8-1+. The van der Waals surface area contributed by atoms with E-state index in [0.717, 1.165) is 41.7 Å². The molecule has 2 aromatic carbocycles. The fraction of sp³-hybridized carbons (Fsp3) is 0.0526. The number of benzene rings is 2. The first-order valence-corrected chi connectivity index (χ1v) is 11.2. The van der Waals surface area contributed by atoms with Crippen molar-refractivity contribution in [3.63, 3.8) is 0 Å². The van der Waals surface area contributed by atoms with Crippen molar-refractivity contribution < 1.29 is 26.4 Å². The highest BCUT2D eigenvalue weighted by atomic mass is 35.5. The predicted octanol–water partition coefficient (Wildman–Crippen LogP) is 5.27. The molecule has 3 rings (SSSR count). The third-order valence-electron chi connectivity index (χ3n) is 3.82. The van der Waals surface area contributed by atoms with Crippen LogP contribution in [0.3, 0.4) is 0 Å². The Hall–Kier alpha value is -2.89. The Kier molecular flexibility index (Phi) is 6.68. The summed E-state index contributed by atoms with van der Waals surface area (Å²) in [4.78, 5) is 15.9. The molecular formula is C19H13ClF3N3O3S2. The molecule has 31 heavy (non-hydrogen) atoms. The third-order valence-corrected chi connectivity index (χ3v) is 6.34. The zero-order chi connectivity index (χ0) is 22.6. The maximum Gasteiger partial charge on any atom is 0.416 e. The molecule has 0 saturated heterocycles. The average Bonchev–Trinajstić information content (AvgIpc) is 3.19. The SMILES string of the molecule is O=C(/C=C/c1cc(C(F)(F)F)ccc1Cl)Nc1ccc(S(=O)(=O)Nc2nccs2)cc1. The zero-order valence-corrected chi connectivity index (χ0v) is 17.7. The summed E-state index contributed by atoms with van der Waals surface area (Å²) in [5.74, 6) is -0.634. The molecule has 0 spiro atoms. The third kappa shape index (κ3) is 6.06. The second-order valence-electron chi connectivity index (χ2n) is 6.02. The lowest BCUT2D eigenvalue weighted by molar-refractivity contribution is -0.137. The number of nitrogens with one attached hydrogen (secondary N) is 2. The van der Waals surface area contributed by atoms with Gasteiger partial charge in [-0.2, -0.15) is 13.2 Å². The monoisotopic (exact) mass is 487 g/mol. The van der Waals surface area contributed by atoms with Gasteiger partial charge < -0.3 is 5.32 Å². The maximum absolute atomic E-state index is 12.8. The Balaban J connectivity index is 1.67. The normalized spacial score (nSPS) is 12.1. The van der Waals surface area contributed by atoms with Crippen LogP contribution in [0.25, 0.3) is 6.08 Å². The molecule has 162 valence electrons. The summed E-state index contributed by atoms with van der Waals surface area (Å²) in [5, 5.41) is 4.38. The van der Waals surface area contributed by atoms with E-state index >= 15 is 0 Å². The molecule has 0 bridgehead atoms. The first-order valence-electron chi connectivity index (χ1n) is 8.43. The molecule has 0 aliphatic rings. The summed E-state index contributed by atoms with van der Waals surface area (Å²) in [7, 11) is -3.83. The van der Waals surface area contributed by atoms with E-state index in [1.54, 1.807) is 5.38 Å². The van der Waals surface area contributed by atoms with Crippen molar-refractivity contribution in [1.29, 1.82) is 0 Å². The minimum Gasteiger partial charge on any atom is -0.323 e. The molecule has 12 heteroatoms. The van der Waals surface area contributed by atoms with Gasteiger partial charge in [0.15, 0.2) is 5.13 Å². The molecule has 0 radical (unpaired) electrons. The van der Waals surface area contributed by atoms with Crippen molar-refractivity contribution in [2.75, 3.05) is 10.0 Å². The Labute approximate surface area is 184 Å². The maximum atomic E-state index is 12.8. The van der Waals surface area contributed by atoms with Crippen molar-refractivity contribution in [1.82, 2.24) is 4.98 Å². The number of amides is 1. The number of aromatic nitrogens is 1. The van der Waals surface area contributed by atoms with Crippen LogP contribution in [0.1, 0.15) is 11.1 Å². The lowest BCUT2D eigenvalue weighted by Crippen LogP contribution is -2.13. The fourth-order valence-electron chi connectivity index (χ4n) is 2.36. The Morgan fingerprint density at radius 2 is 1.84 bits per heavy atom. The average molecular weight is 488 g/mol. The van der Waals surface area contributed by atoms with E-state index in [0.29, 0.717) is 0 Å². The quantitative estimate of drug-likeness (QED) is 0.464. The Morgan fingerprint density at radius 3 is 2.45 bits per heavy atom. The lowest BCUT2D eigenvalue weighted by atomic mass is 10.1. The molecule has 0 unspecified atom stereocenters. The van der Waals surface area contributed by atoms with E-state index in [-0.39, 0.29) is 26.3 Å². The second kappa shape index (κ2) is 9.08. The molecule has 6 nitrogen and oxygen atoms in total. The number of carbonyl (C=O) groups excluding carboxylic acids is 1. The number of thiazole rings is 1. The topological polar surface area (TPSA) is 88.2 Å². The molecule has 0 fully saturated rings. The van der Waals surface area contributed by atoms with Crippen LogP contribution in [0.15, 0.2) is 65.0 Å². The van der Waals surface area contributed by atoms with Gasteiger partial charge in [-0.1, -0.05) is 11.6 Å². The van der Waals surface area contributed by atoms with Crippen LogP contribution in [0.2, 0.25) is 5.02 Å². The van der Waals surface area contributed by atoms with E-state index in [1.165, 1.54) is 30.5 Å². The van der Waals surface area contributed by atoms with E-state index in [2.05, 4.69) is 15.0 Å². The van der Waals surface area contributed by atoms with Crippen molar-refractivity contribution in [3.05, 3.63) is 76.3 Å². The Morgan fingerprint density at radius 1 is 1.13 bits per heavy atom. The van der Waals surface area contributed by atoms with E-state index in [9.17, 15) is 26.4 Å².